The van der Waals surface area contributed by atoms with Crippen molar-refractivity contribution in [2.24, 2.45) is 5.73 Å². The van der Waals surface area contributed by atoms with E-state index in [2.05, 4.69) is 0 Å². The van der Waals surface area contributed by atoms with Gasteiger partial charge in [0.2, 0.25) is 0 Å². The van der Waals surface area contributed by atoms with Gasteiger partial charge in [-0.25, -0.2) is 4.39 Å². The first kappa shape index (κ1) is 12.7. The molecule has 0 saturated carbocycles. The molecule has 3 rings (SSSR count). The molecule has 102 valence electrons. The molecule has 0 spiro atoms. The Bertz CT molecular complexity index is 736. The Morgan fingerprint density at radius 3 is 2.85 bits per heavy atom. The van der Waals surface area contributed by atoms with Crippen molar-refractivity contribution in [1.82, 2.24) is 0 Å². The minimum absolute atomic E-state index is 0.313. The van der Waals surface area contributed by atoms with Crippen molar-refractivity contribution in [3.63, 3.8) is 0 Å². The molecule has 0 amide bonds. The number of fused-ring (bicyclic) bond motifs is 1. The van der Waals surface area contributed by atoms with Gasteiger partial charge in [-0.1, -0.05) is 18.2 Å². The van der Waals surface area contributed by atoms with Crippen LogP contribution in [0.3, 0.4) is 0 Å². The molecule has 3 aromatic rings. The average Bonchev–Trinajstić information content (AvgIpc) is 2.87. The van der Waals surface area contributed by atoms with Crippen molar-refractivity contribution in [3.05, 3.63) is 65.7 Å². The highest BCUT2D eigenvalue weighted by molar-refractivity contribution is 5.81. The maximum Gasteiger partial charge on any atom is 0.134 e. The topological polar surface area (TPSA) is 48.4 Å². The average molecular weight is 271 g/mol. The van der Waals surface area contributed by atoms with Gasteiger partial charge in [0.1, 0.15) is 23.8 Å². The smallest absolute Gasteiger partial charge is 0.134 e. The second-order valence-corrected chi connectivity index (χ2v) is 4.54. The fourth-order valence-electron chi connectivity index (χ4n) is 2.08. The van der Waals surface area contributed by atoms with E-state index in [-0.39, 0.29) is 5.82 Å². The number of halogens is 1. The molecule has 2 N–H and O–H groups in total. The largest absolute Gasteiger partial charge is 0.489 e. The van der Waals surface area contributed by atoms with E-state index in [1.165, 1.54) is 12.1 Å². The molecule has 0 bridgehead atoms. The van der Waals surface area contributed by atoms with Gasteiger partial charge >= 0.3 is 0 Å². The van der Waals surface area contributed by atoms with Gasteiger partial charge in [-0.05, 0) is 23.8 Å². The molecular weight excluding hydrogens is 257 g/mol. The number of rotatable bonds is 4. The molecule has 0 fully saturated rings. The van der Waals surface area contributed by atoms with Crippen LogP contribution in [0.5, 0.6) is 5.75 Å². The summed E-state index contributed by atoms with van der Waals surface area (Å²) in [5.74, 6) is 0.185. The number of furan rings is 1. The Hall–Kier alpha value is -2.33. The molecule has 0 atom stereocenters. The highest BCUT2D eigenvalue weighted by Gasteiger charge is 2.07. The lowest BCUT2D eigenvalue weighted by Crippen LogP contribution is -1.96. The zero-order chi connectivity index (χ0) is 13.9. The van der Waals surface area contributed by atoms with Gasteiger partial charge < -0.3 is 14.9 Å². The summed E-state index contributed by atoms with van der Waals surface area (Å²) in [6.07, 6.45) is 1.66. The van der Waals surface area contributed by atoms with Crippen LogP contribution in [0.15, 0.2) is 53.1 Å². The highest BCUT2D eigenvalue weighted by Crippen LogP contribution is 2.24. The minimum atomic E-state index is -0.313. The Morgan fingerprint density at radius 1 is 1.15 bits per heavy atom. The lowest BCUT2D eigenvalue weighted by Gasteiger charge is -2.04. The first-order chi connectivity index (χ1) is 9.76. The molecule has 0 aliphatic heterocycles. The maximum atomic E-state index is 13.1. The summed E-state index contributed by atoms with van der Waals surface area (Å²) in [5, 5.41) is 0.985. The fraction of sp³-hybridized carbons (Fsp3) is 0.125. The van der Waals surface area contributed by atoms with E-state index in [1.807, 2.05) is 18.2 Å². The lowest BCUT2D eigenvalue weighted by molar-refractivity contribution is 0.304. The van der Waals surface area contributed by atoms with Crippen LogP contribution in [0.4, 0.5) is 4.39 Å². The molecule has 0 aliphatic rings. The van der Waals surface area contributed by atoms with Gasteiger partial charge in [-0.3, -0.25) is 0 Å². The van der Waals surface area contributed by atoms with Crippen molar-refractivity contribution in [2.45, 2.75) is 13.2 Å². The molecule has 3 nitrogen and oxygen atoms in total. The SMILES string of the molecule is NCc1ccc2c(COc3cccc(F)c3)coc2c1. The summed E-state index contributed by atoms with van der Waals surface area (Å²) < 4.78 is 24.1. The van der Waals surface area contributed by atoms with Gasteiger partial charge in [0, 0.05) is 23.6 Å². The fourth-order valence-corrected chi connectivity index (χ4v) is 2.08. The van der Waals surface area contributed by atoms with Crippen molar-refractivity contribution >= 4 is 11.0 Å². The molecule has 0 aliphatic carbocycles. The van der Waals surface area contributed by atoms with Gasteiger partial charge in [-0.2, -0.15) is 0 Å². The number of hydrogen-bond acceptors (Lipinski definition) is 3. The standard InChI is InChI=1S/C16H14FNO2/c17-13-2-1-3-14(7-13)19-9-12-10-20-16-6-11(8-18)4-5-15(12)16/h1-7,10H,8-9,18H2. The van der Waals surface area contributed by atoms with Crippen molar-refractivity contribution < 1.29 is 13.5 Å². The third-order valence-electron chi connectivity index (χ3n) is 3.15. The summed E-state index contributed by atoms with van der Waals surface area (Å²) in [4.78, 5) is 0. The maximum absolute atomic E-state index is 13.1. The minimum Gasteiger partial charge on any atom is -0.489 e. The van der Waals surface area contributed by atoms with Crippen LogP contribution in [0.25, 0.3) is 11.0 Å². The molecule has 0 unspecified atom stereocenters. The molecular formula is C16H14FNO2. The summed E-state index contributed by atoms with van der Waals surface area (Å²) in [6, 6.07) is 11.9. The molecule has 0 saturated heterocycles. The van der Waals surface area contributed by atoms with E-state index in [0.29, 0.717) is 18.9 Å². The molecule has 0 radical (unpaired) electrons. The van der Waals surface area contributed by atoms with Crippen molar-refractivity contribution in [2.75, 3.05) is 0 Å². The van der Waals surface area contributed by atoms with Crippen molar-refractivity contribution in [1.29, 1.82) is 0 Å². The van der Waals surface area contributed by atoms with Crippen molar-refractivity contribution in [3.8, 4) is 5.75 Å². The third-order valence-corrected chi connectivity index (χ3v) is 3.15. The number of nitrogens with two attached hydrogens (primary N) is 1. The van der Waals surface area contributed by atoms with Crippen LogP contribution in [0, 0.1) is 5.82 Å². The Kier molecular flexibility index (Phi) is 3.39. The molecule has 20 heavy (non-hydrogen) atoms. The monoisotopic (exact) mass is 271 g/mol. The number of hydrogen-bond donors (Lipinski definition) is 1. The zero-order valence-corrected chi connectivity index (χ0v) is 10.8. The van der Waals surface area contributed by atoms with E-state index in [0.717, 1.165) is 22.1 Å². The first-order valence-corrected chi connectivity index (χ1v) is 6.34. The summed E-state index contributed by atoms with van der Waals surface area (Å²) in [5.41, 5.74) is 8.32. The zero-order valence-electron chi connectivity index (χ0n) is 10.8. The predicted molar refractivity (Wildman–Crippen MR) is 74.8 cm³/mol. The second-order valence-electron chi connectivity index (χ2n) is 4.54. The van der Waals surface area contributed by atoms with E-state index in [4.69, 9.17) is 14.9 Å². The van der Waals surface area contributed by atoms with Crippen LogP contribution in [0.2, 0.25) is 0 Å². The molecule has 1 aromatic heterocycles. The van der Waals surface area contributed by atoms with E-state index in [9.17, 15) is 4.39 Å². The molecule has 4 heteroatoms. The van der Waals surface area contributed by atoms with Crippen LogP contribution in [-0.4, -0.2) is 0 Å². The highest BCUT2D eigenvalue weighted by atomic mass is 19.1. The summed E-state index contributed by atoms with van der Waals surface area (Å²) in [6.45, 7) is 0.810. The molecule has 1 heterocycles. The Balaban J connectivity index is 1.81. The van der Waals surface area contributed by atoms with Crippen LogP contribution < -0.4 is 10.5 Å². The van der Waals surface area contributed by atoms with Crippen LogP contribution >= 0.6 is 0 Å². The number of benzene rings is 2. The summed E-state index contributed by atoms with van der Waals surface area (Å²) in [7, 11) is 0. The van der Waals surface area contributed by atoms with E-state index in [1.54, 1.807) is 18.4 Å². The lowest BCUT2D eigenvalue weighted by atomic mass is 10.1. The Labute approximate surface area is 115 Å². The number of ether oxygens (including phenoxy) is 1. The quantitative estimate of drug-likeness (QED) is 0.788. The van der Waals surface area contributed by atoms with Crippen LogP contribution in [0.1, 0.15) is 11.1 Å². The van der Waals surface area contributed by atoms with E-state index < -0.39 is 0 Å². The van der Waals surface area contributed by atoms with Gasteiger partial charge in [0.05, 0.1) is 6.26 Å². The van der Waals surface area contributed by atoms with Crippen LogP contribution in [-0.2, 0) is 13.2 Å². The van der Waals surface area contributed by atoms with E-state index >= 15 is 0 Å². The Morgan fingerprint density at radius 2 is 2.05 bits per heavy atom. The second kappa shape index (κ2) is 5.35. The third kappa shape index (κ3) is 2.51. The van der Waals surface area contributed by atoms with Gasteiger partial charge in [0.15, 0.2) is 0 Å². The van der Waals surface area contributed by atoms with Gasteiger partial charge in [-0.15, -0.1) is 0 Å². The normalized spacial score (nSPS) is 10.9. The predicted octanol–water partition coefficient (Wildman–Crippen LogP) is 3.61. The summed E-state index contributed by atoms with van der Waals surface area (Å²) >= 11 is 0. The molecule has 2 aromatic carbocycles. The first-order valence-electron chi connectivity index (χ1n) is 6.34. The van der Waals surface area contributed by atoms with Gasteiger partial charge in [0.25, 0.3) is 0 Å².